The molecule has 5 saturated heterocycles. The van der Waals surface area contributed by atoms with Crippen LogP contribution in [-0.2, 0) is 6.42 Å². The molecule has 5 aliphatic heterocycles. The standard InChI is InChI=1S/C33H35F3N6O2/c1-2-23-26(35)7-4-18-10-22(43)11-24(27(18)23)29-28(36)30-25(14-38-29)31(42-16-20-5-6-21(42)13-37-20)40-32(39-30)44-17-33-8-3-9-41(33)15-19(34)12-33/h4,7,10-11,14,19-21,37,43H,2-3,5-6,8-9,12-13,15-17H2,1H3/t19-,20?,21?,33+/m0/s1/i9D2. The molecule has 0 amide bonds. The van der Waals surface area contributed by atoms with Gasteiger partial charge >= 0.3 is 6.01 Å². The smallest absolute Gasteiger partial charge is 0.319 e. The molecule has 4 atom stereocenters. The number of alkyl halides is 1. The van der Waals surface area contributed by atoms with Gasteiger partial charge in [0.1, 0.15) is 41.4 Å². The molecule has 7 heterocycles. The Morgan fingerprint density at radius 1 is 1.20 bits per heavy atom. The van der Waals surface area contributed by atoms with E-state index in [1.165, 1.54) is 24.4 Å². The number of ether oxygens (including phenoxy) is 1. The van der Waals surface area contributed by atoms with Gasteiger partial charge in [0.25, 0.3) is 0 Å². The van der Waals surface area contributed by atoms with E-state index in [9.17, 15) is 13.9 Å². The highest BCUT2D eigenvalue weighted by Gasteiger charge is 2.49. The summed E-state index contributed by atoms with van der Waals surface area (Å²) in [6.07, 6.45) is 3.49. The van der Waals surface area contributed by atoms with Crippen molar-refractivity contribution >= 4 is 27.5 Å². The third-order valence-electron chi connectivity index (χ3n) is 9.94. The Morgan fingerprint density at radius 2 is 2.09 bits per heavy atom. The first-order chi connectivity index (χ1) is 22.1. The number of fused-ring (bicyclic) bond motifs is 6. The second-order valence-corrected chi connectivity index (χ2v) is 12.6. The van der Waals surface area contributed by atoms with Crippen LogP contribution in [0, 0.1) is 11.6 Å². The highest BCUT2D eigenvalue weighted by Crippen LogP contribution is 2.42. The van der Waals surface area contributed by atoms with Gasteiger partial charge in [0.05, 0.1) is 10.9 Å². The Kier molecular flexibility index (Phi) is 6.08. The normalized spacial score (nSPS) is 28.5. The number of aromatic nitrogens is 3. The maximum Gasteiger partial charge on any atom is 0.319 e. The number of piperazine rings is 1. The number of hydrogen-bond donors (Lipinski definition) is 2. The van der Waals surface area contributed by atoms with Crippen molar-refractivity contribution in [1.82, 2.24) is 25.2 Å². The van der Waals surface area contributed by atoms with E-state index in [1.54, 1.807) is 11.0 Å². The minimum atomic E-state index is -1.65. The first kappa shape index (κ1) is 25.6. The number of benzene rings is 2. The van der Waals surface area contributed by atoms with Crippen molar-refractivity contribution in [2.24, 2.45) is 0 Å². The Labute approximate surface area is 256 Å². The fourth-order valence-corrected chi connectivity index (χ4v) is 7.77. The summed E-state index contributed by atoms with van der Waals surface area (Å²) in [7, 11) is 0. The third-order valence-corrected chi connectivity index (χ3v) is 9.94. The summed E-state index contributed by atoms with van der Waals surface area (Å²) < 4.78 is 69.4. The molecule has 9 rings (SSSR count). The maximum absolute atomic E-state index is 16.9. The topological polar surface area (TPSA) is 86.6 Å². The number of aryl methyl sites for hydroxylation is 1. The average molecular weight is 607 g/mol. The van der Waals surface area contributed by atoms with Crippen LogP contribution < -0.4 is 15.0 Å². The Bertz CT molecular complexity index is 1870. The fraction of sp³-hybridized carbons (Fsp3) is 0.485. The van der Waals surface area contributed by atoms with Crippen molar-refractivity contribution < 1.29 is 25.8 Å². The number of phenolic OH excluding ortho intramolecular Hbond substituents is 1. The molecule has 2 unspecified atom stereocenters. The molecule has 8 nitrogen and oxygen atoms in total. The lowest BCUT2D eigenvalue weighted by atomic mass is 9.92. The predicted molar refractivity (Wildman–Crippen MR) is 162 cm³/mol. The van der Waals surface area contributed by atoms with Gasteiger partial charge in [-0.25, -0.2) is 13.2 Å². The van der Waals surface area contributed by atoms with Crippen molar-refractivity contribution in [1.29, 1.82) is 0 Å². The van der Waals surface area contributed by atoms with Crippen LogP contribution in [-0.4, -0.2) is 81.5 Å². The lowest BCUT2D eigenvalue weighted by Gasteiger charge is -2.46. The summed E-state index contributed by atoms with van der Waals surface area (Å²) >= 11 is 0. The zero-order valence-corrected chi connectivity index (χ0v) is 24.4. The lowest BCUT2D eigenvalue weighted by molar-refractivity contribution is 0.107. The van der Waals surface area contributed by atoms with E-state index in [-0.39, 0.29) is 66.6 Å². The number of phenols is 1. The predicted octanol–water partition coefficient (Wildman–Crippen LogP) is 5.29. The van der Waals surface area contributed by atoms with Crippen LogP contribution in [0.3, 0.4) is 0 Å². The summed E-state index contributed by atoms with van der Waals surface area (Å²) in [5.41, 5.74) is -0.330. The Hall–Kier alpha value is -3.70. The molecular formula is C33H35F3N6O2. The number of nitrogens with one attached hydrogen (secondary N) is 1. The minimum Gasteiger partial charge on any atom is -0.508 e. The number of aromatic hydroxyl groups is 1. The van der Waals surface area contributed by atoms with Crippen molar-refractivity contribution in [2.75, 3.05) is 37.6 Å². The van der Waals surface area contributed by atoms with E-state index in [0.717, 1.165) is 19.4 Å². The second kappa shape index (κ2) is 10.4. The van der Waals surface area contributed by atoms with E-state index >= 15 is 4.39 Å². The number of halogens is 3. The summed E-state index contributed by atoms with van der Waals surface area (Å²) in [4.78, 5) is 17.5. The number of pyridine rings is 1. The maximum atomic E-state index is 16.9. The van der Waals surface area contributed by atoms with Crippen LogP contribution in [0.5, 0.6) is 11.8 Å². The quantitative estimate of drug-likeness (QED) is 0.307. The van der Waals surface area contributed by atoms with E-state index in [4.69, 9.17) is 12.5 Å². The number of nitrogens with zero attached hydrogens (tertiary/aromatic N) is 5. The van der Waals surface area contributed by atoms with Crippen LogP contribution >= 0.6 is 0 Å². The van der Waals surface area contributed by atoms with Gasteiger partial charge < -0.3 is 20.1 Å². The zero-order valence-electron chi connectivity index (χ0n) is 26.4. The highest BCUT2D eigenvalue weighted by molar-refractivity contribution is 6.01. The largest absolute Gasteiger partial charge is 0.508 e. The molecule has 2 bridgehead atoms. The van der Waals surface area contributed by atoms with Crippen LogP contribution in [0.4, 0.5) is 19.0 Å². The van der Waals surface area contributed by atoms with Gasteiger partial charge in [-0.15, -0.1) is 0 Å². The van der Waals surface area contributed by atoms with Crippen molar-refractivity contribution in [3.63, 3.8) is 0 Å². The molecule has 0 saturated carbocycles. The number of rotatable bonds is 6. The molecule has 11 heteroatoms. The van der Waals surface area contributed by atoms with Crippen molar-refractivity contribution in [3.8, 4) is 23.0 Å². The second-order valence-electron chi connectivity index (χ2n) is 12.6. The summed E-state index contributed by atoms with van der Waals surface area (Å²) in [5, 5.41) is 15.5. The Balaban J connectivity index is 1.27. The minimum absolute atomic E-state index is 0.00802. The molecule has 230 valence electrons. The van der Waals surface area contributed by atoms with Crippen molar-refractivity contribution in [3.05, 3.63) is 47.7 Å². The monoisotopic (exact) mass is 606 g/mol. The van der Waals surface area contributed by atoms with Crippen LogP contribution in [0.2, 0.25) is 0 Å². The van der Waals surface area contributed by atoms with Gasteiger partial charge in [0, 0.05) is 52.6 Å². The lowest BCUT2D eigenvalue weighted by Crippen LogP contribution is -2.61. The van der Waals surface area contributed by atoms with E-state index < -0.39 is 29.8 Å². The van der Waals surface area contributed by atoms with Gasteiger partial charge in [-0.05, 0) is 73.1 Å². The fourth-order valence-electron chi connectivity index (χ4n) is 7.77. The van der Waals surface area contributed by atoms with Crippen LogP contribution in [0.15, 0.2) is 30.5 Å². The van der Waals surface area contributed by atoms with Gasteiger partial charge in [-0.3, -0.25) is 9.88 Å². The molecule has 5 fully saturated rings. The van der Waals surface area contributed by atoms with Crippen LogP contribution in [0.1, 0.15) is 47.3 Å². The van der Waals surface area contributed by atoms with Gasteiger partial charge in [0.15, 0.2) is 5.82 Å². The average Bonchev–Trinajstić information content (AvgIpc) is 3.52. The molecule has 4 aromatic rings. The summed E-state index contributed by atoms with van der Waals surface area (Å²) in [5.74, 6) is -0.804. The molecule has 5 aliphatic rings. The molecule has 2 N–H and O–H groups in total. The SMILES string of the molecule is [2H]C1([2H])CC[C@]2(COc3nc(N4CC5CCC4CN5)c4cnc(-c5cc(O)cc6ccc(F)c(CC)c56)c(F)c4n3)C[C@H](F)CN12. The molecule has 0 radical (unpaired) electrons. The molecule has 2 aromatic heterocycles. The number of anilines is 1. The van der Waals surface area contributed by atoms with Crippen LogP contribution in [0.25, 0.3) is 32.9 Å². The molecule has 44 heavy (non-hydrogen) atoms. The van der Waals surface area contributed by atoms with E-state index in [0.29, 0.717) is 46.9 Å². The zero-order chi connectivity index (χ0) is 32.0. The number of hydrogen-bond acceptors (Lipinski definition) is 8. The van der Waals surface area contributed by atoms with E-state index in [2.05, 4.69) is 20.2 Å². The summed E-state index contributed by atoms with van der Waals surface area (Å²) in [6.45, 7) is 1.54. The van der Waals surface area contributed by atoms with Gasteiger partial charge in [0.2, 0.25) is 0 Å². The Morgan fingerprint density at radius 3 is 2.86 bits per heavy atom. The first-order valence-corrected chi connectivity index (χ1v) is 15.4. The molecule has 0 aliphatic carbocycles. The molecule has 0 spiro atoms. The first-order valence-electron chi connectivity index (χ1n) is 16.4. The van der Waals surface area contributed by atoms with Gasteiger partial charge in [-0.2, -0.15) is 9.97 Å². The van der Waals surface area contributed by atoms with E-state index in [1.807, 2.05) is 6.92 Å². The summed E-state index contributed by atoms with van der Waals surface area (Å²) in [6, 6.07) is 6.09. The molecular weight excluding hydrogens is 569 g/mol. The number of piperidine rings is 2. The molecule has 2 aromatic carbocycles. The highest BCUT2D eigenvalue weighted by atomic mass is 19.1. The van der Waals surface area contributed by atoms with Gasteiger partial charge in [-0.1, -0.05) is 13.0 Å². The van der Waals surface area contributed by atoms with Crippen molar-refractivity contribution in [2.45, 2.75) is 69.2 Å². The third kappa shape index (κ3) is 4.38.